The highest BCUT2D eigenvalue weighted by atomic mass is 79.9. The van der Waals surface area contributed by atoms with Crippen LogP contribution in [0.25, 0.3) is 0 Å². The first kappa shape index (κ1) is 16.3. The van der Waals surface area contributed by atoms with Gasteiger partial charge in [0.25, 0.3) is 0 Å². The maximum atomic E-state index is 6.09. The minimum atomic E-state index is 0.409. The largest absolute Gasteiger partial charge is 0.457 e. The Bertz CT molecular complexity index is 628. The number of hydrogen-bond acceptors (Lipinski definition) is 2. The smallest absolute Gasteiger partial charge is 0.132 e. The highest BCUT2D eigenvalue weighted by Crippen LogP contribution is 2.30. The second-order valence-electron chi connectivity index (χ2n) is 5.30. The molecule has 0 unspecified atom stereocenters. The molecule has 0 bridgehead atoms. The molecular formula is C17H19BrClNO. The van der Waals surface area contributed by atoms with E-state index in [9.17, 15) is 0 Å². The molecule has 0 saturated heterocycles. The van der Waals surface area contributed by atoms with Crippen LogP contribution in [0.4, 0.5) is 0 Å². The summed E-state index contributed by atoms with van der Waals surface area (Å²) in [6.45, 7) is 7.00. The third kappa shape index (κ3) is 4.73. The Hall–Kier alpha value is -1.03. The Morgan fingerprint density at radius 3 is 2.62 bits per heavy atom. The quantitative estimate of drug-likeness (QED) is 0.730. The molecular weight excluding hydrogens is 350 g/mol. The van der Waals surface area contributed by atoms with Crippen molar-refractivity contribution in [3.63, 3.8) is 0 Å². The first-order chi connectivity index (χ1) is 9.95. The molecule has 0 aliphatic carbocycles. The van der Waals surface area contributed by atoms with Gasteiger partial charge in [0.15, 0.2) is 0 Å². The normalized spacial score (nSPS) is 11.0. The summed E-state index contributed by atoms with van der Waals surface area (Å²) >= 11 is 9.59. The molecule has 0 saturated carbocycles. The second-order valence-corrected chi connectivity index (χ2v) is 6.59. The molecule has 0 aliphatic rings. The molecule has 0 aliphatic heterocycles. The molecule has 0 fully saturated rings. The fourth-order valence-electron chi connectivity index (χ4n) is 1.91. The number of ether oxygens (including phenoxy) is 1. The molecule has 1 N–H and O–H groups in total. The van der Waals surface area contributed by atoms with Gasteiger partial charge in [-0.15, -0.1) is 0 Å². The molecule has 2 aromatic carbocycles. The van der Waals surface area contributed by atoms with Crippen molar-refractivity contribution in [2.24, 2.45) is 0 Å². The molecule has 2 nitrogen and oxygen atoms in total. The number of hydrogen-bond donors (Lipinski definition) is 1. The van der Waals surface area contributed by atoms with Gasteiger partial charge in [0.2, 0.25) is 0 Å². The van der Waals surface area contributed by atoms with Crippen LogP contribution in [0.1, 0.15) is 25.0 Å². The van der Waals surface area contributed by atoms with Gasteiger partial charge in [-0.3, -0.25) is 0 Å². The van der Waals surface area contributed by atoms with Crippen molar-refractivity contribution in [1.29, 1.82) is 0 Å². The van der Waals surface area contributed by atoms with Gasteiger partial charge in [-0.25, -0.2) is 0 Å². The lowest BCUT2D eigenvalue weighted by Crippen LogP contribution is -2.22. The van der Waals surface area contributed by atoms with Gasteiger partial charge in [-0.2, -0.15) is 0 Å². The minimum absolute atomic E-state index is 0.409. The van der Waals surface area contributed by atoms with Crippen molar-refractivity contribution in [2.45, 2.75) is 33.4 Å². The lowest BCUT2D eigenvalue weighted by Gasteiger charge is -2.14. The summed E-state index contributed by atoms with van der Waals surface area (Å²) in [6, 6.07) is 12.1. The lowest BCUT2D eigenvalue weighted by atomic mass is 10.2. The summed E-state index contributed by atoms with van der Waals surface area (Å²) in [6.07, 6.45) is 0. The van der Waals surface area contributed by atoms with Crippen LogP contribution in [-0.2, 0) is 6.54 Å². The fourth-order valence-corrected chi connectivity index (χ4v) is 2.35. The number of nitrogens with one attached hydrogen (secondary N) is 1. The summed E-state index contributed by atoms with van der Waals surface area (Å²) in [5, 5.41) is 4.11. The lowest BCUT2D eigenvalue weighted by molar-refractivity contribution is 0.469. The molecule has 0 radical (unpaired) electrons. The summed E-state index contributed by atoms with van der Waals surface area (Å²) in [5.74, 6) is 1.65. The maximum Gasteiger partial charge on any atom is 0.132 e. The van der Waals surface area contributed by atoms with Crippen LogP contribution in [0, 0.1) is 6.92 Å². The van der Waals surface area contributed by atoms with E-state index in [0.29, 0.717) is 6.04 Å². The number of rotatable bonds is 5. The summed E-state index contributed by atoms with van der Waals surface area (Å²) < 4.78 is 7.09. The van der Waals surface area contributed by atoms with Crippen molar-refractivity contribution >= 4 is 27.5 Å². The predicted molar refractivity (Wildman–Crippen MR) is 92.4 cm³/mol. The Morgan fingerprint density at radius 2 is 1.95 bits per heavy atom. The Kier molecular flexibility index (Phi) is 5.68. The van der Waals surface area contributed by atoms with Crippen LogP contribution in [0.3, 0.4) is 0 Å². The average Bonchev–Trinajstić information content (AvgIpc) is 2.43. The molecule has 0 heterocycles. The Morgan fingerprint density at radius 1 is 1.19 bits per heavy atom. The van der Waals surface area contributed by atoms with Gasteiger partial charge in [0.05, 0.1) is 0 Å². The van der Waals surface area contributed by atoms with Gasteiger partial charge < -0.3 is 10.1 Å². The third-order valence-electron chi connectivity index (χ3n) is 3.08. The Labute approximate surface area is 139 Å². The molecule has 0 atom stereocenters. The van der Waals surface area contributed by atoms with Crippen LogP contribution in [-0.4, -0.2) is 6.04 Å². The number of halogens is 2. The zero-order valence-electron chi connectivity index (χ0n) is 12.4. The SMILES string of the molecule is Cc1cc(Oc2ccc(Cl)cc2CNC(C)C)ccc1Br. The van der Waals surface area contributed by atoms with Crippen LogP contribution >= 0.6 is 27.5 Å². The zero-order valence-corrected chi connectivity index (χ0v) is 14.8. The van der Waals surface area contributed by atoms with E-state index in [-0.39, 0.29) is 0 Å². The van der Waals surface area contributed by atoms with E-state index in [4.69, 9.17) is 16.3 Å². The molecule has 4 heteroatoms. The van der Waals surface area contributed by atoms with Crippen LogP contribution < -0.4 is 10.1 Å². The van der Waals surface area contributed by atoms with Crippen molar-refractivity contribution < 1.29 is 4.74 Å². The third-order valence-corrected chi connectivity index (χ3v) is 4.21. The van der Waals surface area contributed by atoms with Gasteiger partial charge >= 0.3 is 0 Å². The van der Waals surface area contributed by atoms with Gasteiger partial charge in [0, 0.05) is 27.6 Å². The number of aryl methyl sites for hydroxylation is 1. The molecule has 2 aromatic rings. The van der Waals surface area contributed by atoms with E-state index < -0.39 is 0 Å². The minimum Gasteiger partial charge on any atom is -0.457 e. The highest BCUT2D eigenvalue weighted by molar-refractivity contribution is 9.10. The van der Waals surface area contributed by atoms with Gasteiger partial charge in [-0.1, -0.05) is 41.4 Å². The summed E-state index contributed by atoms with van der Waals surface area (Å²) in [7, 11) is 0. The van der Waals surface area contributed by atoms with Crippen LogP contribution in [0.15, 0.2) is 40.9 Å². The van der Waals surface area contributed by atoms with Gasteiger partial charge in [0.1, 0.15) is 11.5 Å². The van der Waals surface area contributed by atoms with E-state index in [1.54, 1.807) is 0 Å². The zero-order chi connectivity index (χ0) is 15.4. The monoisotopic (exact) mass is 367 g/mol. The number of benzene rings is 2. The van der Waals surface area contributed by atoms with E-state index >= 15 is 0 Å². The Balaban J connectivity index is 2.23. The van der Waals surface area contributed by atoms with Crippen LogP contribution in [0.5, 0.6) is 11.5 Å². The molecule has 0 amide bonds. The molecule has 21 heavy (non-hydrogen) atoms. The van der Waals surface area contributed by atoms with Crippen molar-refractivity contribution in [3.05, 3.63) is 57.0 Å². The van der Waals surface area contributed by atoms with Crippen molar-refractivity contribution in [1.82, 2.24) is 5.32 Å². The van der Waals surface area contributed by atoms with Crippen molar-refractivity contribution in [3.8, 4) is 11.5 Å². The highest BCUT2D eigenvalue weighted by Gasteiger charge is 2.08. The topological polar surface area (TPSA) is 21.3 Å². The first-order valence-corrected chi connectivity index (χ1v) is 8.08. The summed E-state index contributed by atoms with van der Waals surface area (Å²) in [5.41, 5.74) is 2.19. The van der Waals surface area contributed by atoms with E-state index in [0.717, 1.165) is 38.7 Å². The van der Waals surface area contributed by atoms with E-state index in [1.807, 2.05) is 43.3 Å². The van der Waals surface area contributed by atoms with E-state index in [1.165, 1.54) is 0 Å². The standard InChI is InChI=1S/C17H19BrClNO/c1-11(2)20-10-13-9-14(19)4-7-17(13)21-15-5-6-16(18)12(3)8-15/h4-9,11,20H,10H2,1-3H3. The summed E-state index contributed by atoms with van der Waals surface area (Å²) in [4.78, 5) is 0. The van der Waals surface area contributed by atoms with Gasteiger partial charge in [-0.05, 0) is 48.9 Å². The van der Waals surface area contributed by atoms with E-state index in [2.05, 4.69) is 35.1 Å². The molecule has 0 spiro atoms. The average molecular weight is 369 g/mol. The predicted octanol–water partition coefficient (Wildman–Crippen LogP) is 5.70. The van der Waals surface area contributed by atoms with Crippen molar-refractivity contribution in [2.75, 3.05) is 0 Å². The molecule has 2 rings (SSSR count). The maximum absolute atomic E-state index is 6.09. The molecule has 112 valence electrons. The second kappa shape index (κ2) is 7.30. The fraction of sp³-hybridized carbons (Fsp3) is 0.294. The van der Waals surface area contributed by atoms with Crippen LogP contribution in [0.2, 0.25) is 5.02 Å². The first-order valence-electron chi connectivity index (χ1n) is 6.91. The molecule has 0 aromatic heterocycles.